The predicted molar refractivity (Wildman–Crippen MR) is 53.6 cm³/mol. The Morgan fingerprint density at radius 3 is 2.86 bits per heavy atom. The molecule has 1 amide bonds. The Balaban J connectivity index is 2.07. The van der Waals surface area contributed by atoms with Gasteiger partial charge >= 0.3 is 0 Å². The van der Waals surface area contributed by atoms with Crippen LogP contribution in [0.25, 0.3) is 0 Å². The van der Waals surface area contributed by atoms with E-state index in [1.54, 1.807) is 0 Å². The molecule has 2 heterocycles. The first-order valence-electron chi connectivity index (χ1n) is 4.55. The molecule has 76 valence electrons. The number of aromatic nitrogens is 1. The van der Waals surface area contributed by atoms with Crippen LogP contribution in [-0.2, 0) is 4.79 Å². The highest BCUT2D eigenvalue weighted by atomic mass is 32.1. The van der Waals surface area contributed by atoms with E-state index in [2.05, 4.69) is 10.3 Å². The molecule has 1 aromatic heterocycles. The van der Waals surface area contributed by atoms with Crippen molar-refractivity contribution < 1.29 is 9.53 Å². The zero-order valence-corrected chi connectivity index (χ0v) is 8.98. The number of thiazole rings is 1. The van der Waals surface area contributed by atoms with Crippen molar-refractivity contribution in [3.63, 3.8) is 0 Å². The number of ether oxygens (including phenoxy) is 1. The second-order valence-corrected chi connectivity index (χ2v) is 4.47. The molecular formula is C9H12N2O2S. The summed E-state index contributed by atoms with van der Waals surface area (Å²) in [5.41, 5.74) is 0.975. The quantitative estimate of drug-likeness (QED) is 0.796. The molecule has 1 N–H and O–H groups in total. The van der Waals surface area contributed by atoms with Gasteiger partial charge in [-0.05, 0) is 13.8 Å². The fraction of sp³-hybridized carbons (Fsp3) is 0.556. The zero-order valence-electron chi connectivity index (χ0n) is 8.16. The predicted octanol–water partition coefficient (Wildman–Crippen LogP) is 1.03. The maximum absolute atomic E-state index is 11.2. The van der Waals surface area contributed by atoms with Crippen molar-refractivity contribution in [3.8, 4) is 5.19 Å². The number of nitrogens with one attached hydrogen (secondary N) is 1. The zero-order chi connectivity index (χ0) is 10.1. The SMILES string of the molecule is Cc1nc(OC2CCNC2=O)sc1C. The minimum absolute atomic E-state index is 0.0319. The van der Waals surface area contributed by atoms with Gasteiger partial charge in [-0.2, -0.15) is 0 Å². The van der Waals surface area contributed by atoms with Gasteiger partial charge in [-0.3, -0.25) is 4.79 Å². The molecule has 1 aliphatic rings. The van der Waals surface area contributed by atoms with E-state index in [0.29, 0.717) is 11.7 Å². The molecule has 0 radical (unpaired) electrons. The Labute approximate surface area is 86.3 Å². The minimum atomic E-state index is -0.347. The minimum Gasteiger partial charge on any atom is -0.457 e. The number of carbonyl (C=O) groups is 1. The number of amides is 1. The Kier molecular flexibility index (Phi) is 2.41. The van der Waals surface area contributed by atoms with E-state index in [4.69, 9.17) is 4.74 Å². The van der Waals surface area contributed by atoms with Gasteiger partial charge in [0.15, 0.2) is 6.10 Å². The molecule has 5 heteroatoms. The summed E-state index contributed by atoms with van der Waals surface area (Å²) < 4.78 is 5.48. The van der Waals surface area contributed by atoms with Crippen LogP contribution in [0.15, 0.2) is 0 Å². The first-order valence-corrected chi connectivity index (χ1v) is 5.37. The molecule has 1 aliphatic heterocycles. The monoisotopic (exact) mass is 212 g/mol. The van der Waals surface area contributed by atoms with Gasteiger partial charge in [0.25, 0.3) is 11.1 Å². The molecule has 1 atom stereocenters. The summed E-state index contributed by atoms with van der Waals surface area (Å²) in [4.78, 5) is 16.6. The summed E-state index contributed by atoms with van der Waals surface area (Å²) in [6, 6.07) is 0. The van der Waals surface area contributed by atoms with Crippen LogP contribution >= 0.6 is 11.3 Å². The van der Waals surface area contributed by atoms with Gasteiger partial charge < -0.3 is 10.1 Å². The van der Waals surface area contributed by atoms with Crippen LogP contribution < -0.4 is 10.1 Å². The third kappa shape index (κ3) is 1.72. The van der Waals surface area contributed by atoms with Gasteiger partial charge in [-0.1, -0.05) is 11.3 Å². The van der Waals surface area contributed by atoms with Gasteiger partial charge in [-0.25, -0.2) is 4.98 Å². The van der Waals surface area contributed by atoms with E-state index in [9.17, 15) is 4.79 Å². The van der Waals surface area contributed by atoms with Crippen molar-refractivity contribution in [2.45, 2.75) is 26.4 Å². The van der Waals surface area contributed by atoms with E-state index in [1.165, 1.54) is 11.3 Å². The van der Waals surface area contributed by atoms with Crippen LogP contribution in [0.2, 0.25) is 0 Å². The second kappa shape index (κ2) is 3.57. The van der Waals surface area contributed by atoms with Crippen molar-refractivity contribution in [2.75, 3.05) is 6.54 Å². The molecule has 1 fully saturated rings. The van der Waals surface area contributed by atoms with Gasteiger partial charge in [0, 0.05) is 17.8 Å². The highest BCUT2D eigenvalue weighted by Crippen LogP contribution is 2.25. The van der Waals surface area contributed by atoms with E-state index in [-0.39, 0.29) is 12.0 Å². The molecule has 0 bridgehead atoms. The van der Waals surface area contributed by atoms with Crippen molar-refractivity contribution in [3.05, 3.63) is 10.6 Å². The van der Waals surface area contributed by atoms with Gasteiger partial charge in [0.2, 0.25) is 0 Å². The third-order valence-corrected chi connectivity index (χ3v) is 3.21. The number of aryl methyl sites for hydroxylation is 2. The topological polar surface area (TPSA) is 51.2 Å². The molecule has 4 nitrogen and oxygen atoms in total. The summed E-state index contributed by atoms with van der Waals surface area (Å²) in [6.45, 7) is 4.63. The van der Waals surface area contributed by atoms with Crippen molar-refractivity contribution in [2.24, 2.45) is 0 Å². The standard InChI is InChI=1S/C9H12N2O2S/c1-5-6(2)14-9(11-5)13-7-3-4-10-8(7)12/h7H,3-4H2,1-2H3,(H,10,12). The fourth-order valence-corrected chi connectivity index (χ4v) is 2.10. The fourth-order valence-electron chi connectivity index (χ4n) is 1.30. The number of hydrogen-bond donors (Lipinski definition) is 1. The normalized spacial score (nSPS) is 21.0. The molecule has 1 aromatic rings. The Morgan fingerprint density at radius 2 is 2.36 bits per heavy atom. The van der Waals surface area contributed by atoms with Crippen molar-refractivity contribution in [1.82, 2.24) is 10.3 Å². The molecule has 1 saturated heterocycles. The number of nitrogens with zero attached hydrogens (tertiary/aromatic N) is 1. The molecule has 0 saturated carbocycles. The number of carbonyl (C=O) groups excluding carboxylic acids is 1. The third-order valence-electron chi connectivity index (χ3n) is 2.25. The first-order chi connectivity index (χ1) is 6.66. The van der Waals surface area contributed by atoms with E-state index < -0.39 is 0 Å². The van der Waals surface area contributed by atoms with Crippen LogP contribution in [0, 0.1) is 13.8 Å². The highest BCUT2D eigenvalue weighted by Gasteiger charge is 2.26. The summed E-state index contributed by atoms with van der Waals surface area (Å²) in [7, 11) is 0. The van der Waals surface area contributed by atoms with E-state index in [1.807, 2.05) is 13.8 Å². The number of hydrogen-bond acceptors (Lipinski definition) is 4. The average molecular weight is 212 g/mol. The van der Waals surface area contributed by atoms with Crippen molar-refractivity contribution in [1.29, 1.82) is 0 Å². The largest absolute Gasteiger partial charge is 0.457 e. The summed E-state index contributed by atoms with van der Waals surface area (Å²) in [6.07, 6.45) is 0.385. The smallest absolute Gasteiger partial charge is 0.274 e. The average Bonchev–Trinajstić information content (AvgIpc) is 2.63. The Hall–Kier alpha value is -1.10. The van der Waals surface area contributed by atoms with E-state index in [0.717, 1.165) is 17.0 Å². The molecule has 0 aliphatic carbocycles. The van der Waals surface area contributed by atoms with Gasteiger partial charge in [0.05, 0.1) is 5.69 Å². The Bertz CT molecular complexity index is 342. The maximum Gasteiger partial charge on any atom is 0.274 e. The van der Waals surface area contributed by atoms with Gasteiger partial charge in [0.1, 0.15) is 0 Å². The molecule has 0 aromatic carbocycles. The lowest BCUT2D eigenvalue weighted by Crippen LogP contribution is -2.27. The van der Waals surface area contributed by atoms with Gasteiger partial charge in [-0.15, -0.1) is 0 Å². The molecular weight excluding hydrogens is 200 g/mol. The highest BCUT2D eigenvalue weighted by molar-refractivity contribution is 7.13. The molecule has 14 heavy (non-hydrogen) atoms. The number of rotatable bonds is 2. The molecule has 2 rings (SSSR count). The Morgan fingerprint density at radius 1 is 1.57 bits per heavy atom. The van der Waals surface area contributed by atoms with Crippen LogP contribution in [-0.4, -0.2) is 23.5 Å². The second-order valence-electron chi connectivity index (χ2n) is 3.31. The van der Waals surface area contributed by atoms with Crippen LogP contribution in [0.1, 0.15) is 17.0 Å². The molecule has 1 unspecified atom stereocenters. The molecule has 0 spiro atoms. The maximum atomic E-state index is 11.2. The lowest BCUT2D eigenvalue weighted by atomic mass is 10.3. The summed E-state index contributed by atoms with van der Waals surface area (Å²) in [5.74, 6) is -0.0319. The van der Waals surface area contributed by atoms with Crippen molar-refractivity contribution >= 4 is 17.2 Å². The lowest BCUT2D eigenvalue weighted by molar-refractivity contribution is -0.124. The van der Waals surface area contributed by atoms with Crippen LogP contribution in [0.5, 0.6) is 5.19 Å². The summed E-state index contributed by atoms with van der Waals surface area (Å²) >= 11 is 1.49. The lowest BCUT2D eigenvalue weighted by Gasteiger charge is -2.06. The summed E-state index contributed by atoms with van der Waals surface area (Å²) in [5, 5.41) is 3.32. The van der Waals surface area contributed by atoms with Crippen LogP contribution in [0.4, 0.5) is 0 Å². The van der Waals surface area contributed by atoms with Crippen LogP contribution in [0.3, 0.4) is 0 Å². The first kappa shape index (κ1) is 9.45. The van der Waals surface area contributed by atoms with E-state index >= 15 is 0 Å².